The van der Waals surface area contributed by atoms with Gasteiger partial charge in [0.05, 0.1) is 13.0 Å². The Balaban J connectivity index is 2.30. The van der Waals surface area contributed by atoms with Crippen LogP contribution in [0.15, 0.2) is 36.4 Å². The third-order valence-corrected chi connectivity index (χ3v) is 3.08. The summed E-state index contributed by atoms with van der Waals surface area (Å²) in [4.78, 5) is 25.2. The van der Waals surface area contributed by atoms with E-state index >= 15 is 0 Å². The van der Waals surface area contributed by atoms with E-state index in [0.29, 0.717) is 11.1 Å². The molecule has 17 heavy (non-hydrogen) atoms. The van der Waals surface area contributed by atoms with Crippen LogP contribution < -0.4 is 0 Å². The monoisotopic (exact) mass is 249 g/mol. The summed E-state index contributed by atoms with van der Waals surface area (Å²) in [5.74, 6) is -0.207. The van der Waals surface area contributed by atoms with Crippen LogP contribution in [0.25, 0.3) is 0 Å². The fourth-order valence-electron chi connectivity index (χ4n) is 1.83. The number of nitrogens with zero attached hydrogens (tertiary/aromatic N) is 1. The Morgan fingerprint density at radius 2 is 2.06 bits per heavy atom. The molecular formula is C13H12ClNO2. The summed E-state index contributed by atoms with van der Waals surface area (Å²) in [5, 5.41) is 0. The third kappa shape index (κ3) is 2.24. The topological polar surface area (TPSA) is 37.4 Å². The largest absolute Gasteiger partial charge is 0.274 e. The van der Waals surface area contributed by atoms with Gasteiger partial charge in [-0.25, -0.2) is 0 Å². The molecule has 1 aliphatic rings. The molecule has 1 aromatic rings. The lowest BCUT2D eigenvalue weighted by Crippen LogP contribution is -2.43. The maximum absolute atomic E-state index is 12.1. The standard InChI is InChI=1S/C13H12ClNO2/c1-9(7-14)8-15-12(16)6-10-4-2-3-5-11(10)13(15)17/h2-5H,1,6-8H2. The van der Waals surface area contributed by atoms with Crippen molar-refractivity contribution in [1.29, 1.82) is 0 Å². The van der Waals surface area contributed by atoms with Gasteiger partial charge in [0.2, 0.25) is 5.91 Å². The summed E-state index contributed by atoms with van der Waals surface area (Å²) >= 11 is 5.62. The molecule has 0 unspecified atom stereocenters. The van der Waals surface area contributed by atoms with Gasteiger partial charge in [-0.1, -0.05) is 24.8 Å². The smallest absolute Gasteiger partial charge is 0.261 e. The molecule has 0 atom stereocenters. The van der Waals surface area contributed by atoms with E-state index in [1.807, 2.05) is 6.07 Å². The Labute approximate surface area is 105 Å². The second-order valence-electron chi connectivity index (χ2n) is 4.00. The minimum absolute atomic E-state index is 0.194. The van der Waals surface area contributed by atoms with Crippen molar-refractivity contribution in [2.45, 2.75) is 6.42 Å². The molecule has 0 spiro atoms. The number of carbonyl (C=O) groups is 2. The summed E-state index contributed by atoms with van der Waals surface area (Å²) in [6.45, 7) is 3.92. The van der Waals surface area contributed by atoms with Crippen LogP contribution >= 0.6 is 11.6 Å². The average Bonchev–Trinajstić information content (AvgIpc) is 2.34. The molecule has 3 nitrogen and oxygen atoms in total. The number of imide groups is 1. The van der Waals surface area contributed by atoms with E-state index in [1.54, 1.807) is 18.2 Å². The van der Waals surface area contributed by atoms with Crippen LogP contribution in [-0.4, -0.2) is 29.1 Å². The van der Waals surface area contributed by atoms with Crippen LogP contribution in [0.1, 0.15) is 15.9 Å². The van der Waals surface area contributed by atoms with Gasteiger partial charge in [0.25, 0.3) is 5.91 Å². The lowest BCUT2D eigenvalue weighted by molar-refractivity contribution is -0.128. The van der Waals surface area contributed by atoms with Crippen LogP contribution in [-0.2, 0) is 11.2 Å². The van der Waals surface area contributed by atoms with Crippen LogP contribution in [0.4, 0.5) is 0 Å². The normalized spacial score (nSPS) is 14.8. The number of rotatable bonds is 3. The summed E-state index contributed by atoms with van der Waals surface area (Å²) in [6.07, 6.45) is 0.261. The van der Waals surface area contributed by atoms with Crippen molar-refractivity contribution in [1.82, 2.24) is 4.90 Å². The Morgan fingerprint density at radius 1 is 1.35 bits per heavy atom. The maximum atomic E-state index is 12.1. The Bertz CT molecular complexity index is 496. The molecule has 0 aromatic heterocycles. The van der Waals surface area contributed by atoms with Gasteiger partial charge < -0.3 is 0 Å². The molecule has 88 valence electrons. The maximum Gasteiger partial charge on any atom is 0.261 e. The number of halogens is 1. The first-order valence-electron chi connectivity index (χ1n) is 5.28. The Kier molecular flexibility index (Phi) is 3.29. The van der Waals surface area contributed by atoms with Crippen molar-refractivity contribution in [3.63, 3.8) is 0 Å². The fourth-order valence-corrected chi connectivity index (χ4v) is 1.91. The van der Waals surface area contributed by atoms with Crippen molar-refractivity contribution >= 4 is 23.4 Å². The minimum atomic E-state index is -0.261. The van der Waals surface area contributed by atoms with Crippen LogP contribution in [0.2, 0.25) is 0 Å². The molecule has 1 aliphatic heterocycles. The predicted octanol–water partition coefficient (Wildman–Crippen LogP) is 2.01. The summed E-state index contributed by atoms with van der Waals surface area (Å²) in [6, 6.07) is 7.16. The van der Waals surface area contributed by atoms with E-state index in [9.17, 15) is 9.59 Å². The van der Waals surface area contributed by atoms with Gasteiger partial charge in [-0.2, -0.15) is 0 Å². The number of carbonyl (C=O) groups excluding carboxylic acids is 2. The molecule has 1 heterocycles. The fraction of sp³-hybridized carbons (Fsp3) is 0.231. The van der Waals surface area contributed by atoms with Gasteiger partial charge >= 0.3 is 0 Å². The van der Waals surface area contributed by atoms with E-state index in [2.05, 4.69) is 6.58 Å². The van der Waals surface area contributed by atoms with Crippen molar-refractivity contribution < 1.29 is 9.59 Å². The quantitative estimate of drug-likeness (QED) is 0.467. The molecule has 0 aliphatic carbocycles. The van der Waals surface area contributed by atoms with E-state index < -0.39 is 0 Å². The second kappa shape index (κ2) is 4.72. The molecule has 0 fully saturated rings. The minimum Gasteiger partial charge on any atom is -0.274 e. The summed E-state index contributed by atoms with van der Waals surface area (Å²) in [5.41, 5.74) is 2.04. The number of hydrogen-bond acceptors (Lipinski definition) is 2. The molecule has 1 aromatic carbocycles. The van der Waals surface area contributed by atoms with E-state index in [-0.39, 0.29) is 30.7 Å². The molecular weight excluding hydrogens is 238 g/mol. The van der Waals surface area contributed by atoms with E-state index in [0.717, 1.165) is 5.56 Å². The molecule has 2 rings (SSSR count). The summed E-state index contributed by atoms with van der Waals surface area (Å²) in [7, 11) is 0. The van der Waals surface area contributed by atoms with Crippen molar-refractivity contribution in [3.05, 3.63) is 47.5 Å². The molecule has 0 radical (unpaired) electrons. The molecule has 0 N–H and O–H groups in total. The highest BCUT2D eigenvalue weighted by Crippen LogP contribution is 2.20. The Hall–Kier alpha value is -1.61. The van der Waals surface area contributed by atoms with Gasteiger partial charge in [0.1, 0.15) is 0 Å². The second-order valence-corrected chi connectivity index (χ2v) is 4.27. The van der Waals surface area contributed by atoms with Crippen molar-refractivity contribution in [2.24, 2.45) is 0 Å². The van der Waals surface area contributed by atoms with Gasteiger partial charge in [0.15, 0.2) is 0 Å². The zero-order valence-corrected chi connectivity index (χ0v) is 10.0. The first-order valence-corrected chi connectivity index (χ1v) is 5.82. The number of benzene rings is 1. The predicted molar refractivity (Wildman–Crippen MR) is 66.0 cm³/mol. The number of fused-ring (bicyclic) bond motifs is 1. The van der Waals surface area contributed by atoms with Gasteiger partial charge in [-0.05, 0) is 17.2 Å². The summed E-state index contributed by atoms with van der Waals surface area (Å²) < 4.78 is 0. The highest BCUT2D eigenvalue weighted by molar-refractivity contribution is 6.19. The van der Waals surface area contributed by atoms with Gasteiger partial charge in [0, 0.05) is 11.4 Å². The molecule has 4 heteroatoms. The number of amides is 2. The third-order valence-electron chi connectivity index (χ3n) is 2.71. The number of alkyl halides is 1. The molecule has 0 bridgehead atoms. The number of hydrogen-bond donors (Lipinski definition) is 0. The zero-order chi connectivity index (χ0) is 12.4. The highest BCUT2D eigenvalue weighted by Gasteiger charge is 2.30. The first kappa shape index (κ1) is 11.9. The molecule has 0 saturated heterocycles. The SMILES string of the molecule is C=C(CCl)CN1C(=O)Cc2ccccc2C1=O. The zero-order valence-electron chi connectivity index (χ0n) is 9.28. The Morgan fingerprint density at radius 3 is 2.76 bits per heavy atom. The van der Waals surface area contributed by atoms with E-state index in [1.165, 1.54) is 4.90 Å². The lowest BCUT2D eigenvalue weighted by atomic mass is 9.98. The average molecular weight is 250 g/mol. The van der Waals surface area contributed by atoms with Crippen molar-refractivity contribution in [2.75, 3.05) is 12.4 Å². The lowest BCUT2D eigenvalue weighted by Gasteiger charge is -2.27. The molecule has 2 amide bonds. The van der Waals surface area contributed by atoms with Gasteiger partial charge in [-0.3, -0.25) is 14.5 Å². The van der Waals surface area contributed by atoms with Crippen molar-refractivity contribution in [3.8, 4) is 0 Å². The van der Waals surface area contributed by atoms with Crippen LogP contribution in [0, 0.1) is 0 Å². The van der Waals surface area contributed by atoms with E-state index in [4.69, 9.17) is 11.6 Å². The van der Waals surface area contributed by atoms with Crippen LogP contribution in [0.5, 0.6) is 0 Å². The van der Waals surface area contributed by atoms with Gasteiger partial charge in [-0.15, -0.1) is 11.6 Å². The molecule has 0 saturated carbocycles. The first-order chi connectivity index (χ1) is 8.13. The van der Waals surface area contributed by atoms with Crippen LogP contribution in [0.3, 0.4) is 0 Å². The highest BCUT2D eigenvalue weighted by atomic mass is 35.5.